The smallest absolute Gasteiger partial charge is 0.339 e. The molecule has 0 bridgehead atoms. The van der Waals surface area contributed by atoms with Crippen LogP contribution >= 0.6 is 0 Å². The molecule has 0 atom stereocenters. The number of aromatic nitrogens is 1. The van der Waals surface area contributed by atoms with Crippen LogP contribution in [0.25, 0.3) is 0 Å². The first-order chi connectivity index (χ1) is 9.44. The topological polar surface area (TPSA) is 108 Å². The highest BCUT2D eigenvalue weighted by Crippen LogP contribution is 2.25. The molecular formula is C12H12N2O5S. The Kier molecular flexibility index (Phi) is 3.66. The monoisotopic (exact) mass is 296 g/mol. The zero-order chi connectivity index (χ0) is 14.8. The molecule has 0 aliphatic carbocycles. The highest BCUT2D eigenvalue weighted by Gasteiger charge is 2.17. The summed E-state index contributed by atoms with van der Waals surface area (Å²) in [4.78, 5) is 13.7. The van der Waals surface area contributed by atoms with E-state index in [0.717, 1.165) is 0 Å². The van der Waals surface area contributed by atoms with Crippen molar-refractivity contribution in [2.24, 2.45) is 0 Å². The van der Waals surface area contributed by atoms with E-state index in [0.29, 0.717) is 0 Å². The summed E-state index contributed by atoms with van der Waals surface area (Å²) in [5, 5.41) is 8.95. The van der Waals surface area contributed by atoms with Gasteiger partial charge in [-0.05, 0) is 18.2 Å². The Morgan fingerprint density at radius 3 is 2.65 bits per heavy atom. The van der Waals surface area contributed by atoms with Crippen LogP contribution in [0.5, 0.6) is 5.75 Å². The van der Waals surface area contributed by atoms with Crippen molar-refractivity contribution in [3.05, 3.63) is 42.2 Å². The second kappa shape index (κ2) is 5.25. The molecule has 2 rings (SSSR count). The van der Waals surface area contributed by atoms with Crippen molar-refractivity contribution in [1.29, 1.82) is 0 Å². The number of aromatic amines is 1. The highest BCUT2D eigenvalue weighted by atomic mass is 32.2. The number of sulfonamides is 1. The van der Waals surface area contributed by atoms with Crippen LogP contribution in [0.1, 0.15) is 10.4 Å². The number of nitrogens with one attached hydrogen (secondary N) is 2. The van der Waals surface area contributed by atoms with Gasteiger partial charge in [0.2, 0.25) is 0 Å². The summed E-state index contributed by atoms with van der Waals surface area (Å²) >= 11 is 0. The normalized spacial score (nSPS) is 11.1. The van der Waals surface area contributed by atoms with E-state index >= 15 is 0 Å². The van der Waals surface area contributed by atoms with Crippen LogP contribution in [0.15, 0.2) is 41.6 Å². The fraction of sp³-hybridized carbons (Fsp3) is 0.0833. The maximum atomic E-state index is 12.0. The van der Waals surface area contributed by atoms with Crippen LogP contribution in [-0.2, 0) is 10.0 Å². The van der Waals surface area contributed by atoms with Crippen molar-refractivity contribution in [3.8, 4) is 5.75 Å². The molecule has 3 N–H and O–H groups in total. The molecule has 0 aliphatic heterocycles. The Bertz CT molecular complexity index is 722. The first-order valence-corrected chi connectivity index (χ1v) is 6.99. The number of ether oxygens (including phenoxy) is 1. The molecule has 1 aromatic carbocycles. The zero-order valence-electron chi connectivity index (χ0n) is 10.5. The maximum absolute atomic E-state index is 12.0. The van der Waals surface area contributed by atoms with Crippen LogP contribution in [0, 0.1) is 0 Å². The number of hydrogen-bond acceptors (Lipinski definition) is 4. The summed E-state index contributed by atoms with van der Waals surface area (Å²) in [6.07, 6.45) is 2.83. The van der Waals surface area contributed by atoms with E-state index in [9.17, 15) is 13.2 Å². The highest BCUT2D eigenvalue weighted by molar-refractivity contribution is 7.92. The van der Waals surface area contributed by atoms with Gasteiger partial charge in [-0.25, -0.2) is 13.2 Å². The summed E-state index contributed by atoms with van der Waals surface area (Å²) in [5.41, 5.74) is 0.171. The van der Waals surface area contributed by atoms with E-state index in [2.05, 4.69) is 9.71 Å². The van der Waals surface area contributed by atoms with Gasteiger partial charge in [0.05, 0.1) is 12.8 Å². The number of rotatable bonds is 5. The molecule has 1 aromatic heterocycles. The molecule has 0 radical (unpaired) electrons. The SMILES string of the molecule is COc1cc(NS(=O)(=O)c2cc[nH]c2)ccc1C(=O)O. The van der Waals surface area contributed by atoms with Gasteiger partial charge in [0, 0.05) is 18.5 Å². The Balaban J connectivity index is 2.34. The van der Waals surface area contributed by atoms with Gasteiger partial charge in [-0.15, -0.1) is 0 Å². The third kappa shape index (κ3) is 2.75. The molecule has 20 heavy (non-hydrogen) atoms. The average Bonchev–Trinajstić information content (AvgIpc) is 2.92. The number of H-pyrrole nitrogens is 1. The van der Waals surface area contributed by atoms with Crippen molar-refractivity contribution >= 4 is 21.7 Å². The zero-order valence-corrected chi connectivity index (χ0v) is 11.3. The molecule has 0 fully saturated rings. The lowest BCUT2D eigenvalue weighted by Crippen LogP contribution is -2.12. The minimum absolute atomic E-state index is 0.0444. The lowest BCUT2D eigenvalue weighted by atomic mass is 10.2. The standard InChI is InChI=1S/C12H12N2O5S/c1-19-11-6-8(2-3-10(11)12(15)16)14-20(17,18)9-4-5-13-7-9/h2-7,13-14H,1H3,(H,15,16). The third-order valence-electron chi connectivity index (χ3n) is 2.56. The largest absolute Gasteiger partial charge is 0.496 e. The second-order valence-corrected chi connectivity index (χ2v) is 5.55. The lowest BCUT2D eigenvalue weighted by molar-refractivity contribution is 0.0693. The molecule has 106 valence electrons. The lowest BCUT2D eigenvalue weighted by Gasteiger charge is -2.10. The van der Waals surface area contributed by atoms with E-state index in [4.69, 9.17) is 9.84 Å². The Morgan fingerprint density at radius 1 is 1.35 bits per heavy atom. The second-order valence-electron chi connectivity index (χ2n) is 3.87. The molecule has 0 saturated heterocycles. The summed E-state index contributed by atoms with van der Waals surface area (Å²) in [6, 6.07) is 5.35. The Labute approximate surface area is 115 Å². The molecule has 0 saturated carbocycles. The van der Waals surface area contributed by atoms with E-state index in [1.165, 1.54) is 43.8 Å². The van der Waals surface area contributed by atoms with Gasteiger partial charge in [0.1, 0.15) is 16.2 Å². The van der Waals surface area contributed by atoms with Gasteiger partial charge < -0.3 is 14.8 Å². The van der Waals surface area contributed by atoms with E-state index < -0.39 is 16.0 Å². The van der Waals surface area contributed by atoms with E-state index in [1.54, 1.807) is 0 Å². The number of benzene rings is 1. The number of methoxy groups -OCH3 is 1. The van der Waals surface area contributed by atoms with Crippen molar-refractivity contribution in [2.75, 3.05) is 11.8 Å². The summed E-state index contributed by atoms with van der Waals surface area (Å²) < 4.78 is 31.3. The van der Waals surface area contributed by atoms with Gasteiger partial charge >= 0.3 is 5.97 Å². The number of hydrogen-bond donors (Lipinski definition) is 3. The summed E-state index contributed by atoms with van der Waals surface area (Å²) in [5.74, 6) is -1.08. The van der Waals surface area contributed by atoms with Gasteiger partial charge in [-0.2, -0.15) is 0 Å². The maximum Gasteiger partial charge on any atom is 0.339 e. The molecule has 8 heteroatoms. The molecule has 0 unspecified atom stereocenters. The average molecular weight is 296 g/mol. The Morgan fingerprint density at radius 2 is 2.10 bits per heavy atom. The van der Waals surface area contributed by atoms with Crippen LogP contribution < -0.4 is 9.46 Å². The first-order valence-electron chi connectivity index (χ1n) is 5.51. The number of carboxylic acids is 1. The number of aromatic carboxylic acids is 1. The number of carboxylic acid groups (broad SMARTS) is 1. The van der Waals surface area contributed by atoms with Crippen molar-refractivity contribution in [2.45, 2.75) is 4.90 Å². The van der Waals surface area contributed by atoms with Crippen LogP contribution in [-0.4, -0.2) is 31.6 Å². The molecular weight excluding hydrogens is 284 g/mol. The summed E-state index contributed by atoms with van der Waals surface area (Å²) in [7, 11) is -2.40. The molecule has 0 spiro atoms. The van der Waals surface area contributed by atoms with Crippen molar-refractivity contribution in [1.82, 2.24) is 4.98 Å². The molecule has 1 heterocycles. The quantitative estimate of drug-likeness (QED) is 0.775. The predicted octanol–water partition coefficient (Wildman–Crippen LogP) is 1.52. The minimum Gasteiger partial charge on any atom is -0.496 e. The van der Waals surface area contributed by atoms with Crippen LogP contribution in [0.3, 0.4) is 0 Å². The molecule has 0 aliphatic rings. The third-order valence-corrected chi connectivity index (χ3v) is 3.94. The fourth-order valence-corrected chi connectivity index (χ4v) is 2.65. The van der Waals surface area contributed by atoms with Crippen LogP contribution in [0.2, 0.25) is 0 Å². The van der Waals surface area contributed by atoms with Crippen molar-refractivity contribution in [3.63, 3.8) is 0 Å². The van der Waals surface area contributed by atoms with Crippen molar-refractivity contribution < 1.29 is 23.1 Å². The van der Waals surface area contributed by atoms with Gasteiger partial charge in [0.25, 0.3) is 10.0 Å². The number of anilines is 1. The fourth-order valence-electron chi connectivity index (χ4n) is 1.62. The Hall–Kier alpha value is -2.48. The molecule has 0 amide bonds. The van der Waals surface area contributed by atoms with Crippen LogP contribution in [0.4, 0.5) is 5.69 Å². The summed E-state index contributed by atoms with van der Waals surface area (Å²) in [6.45, 7) is 0. The predicted molar refractivity (Wildman–Crippen MR) is 71.6 cm³/mol. The van der Waals surface area contributed by atoms with E-state index in [1.807, 2.05) is 0 Å². The van der Waals surface area contributed by atoms with Gasteiger partial charge in [-0.1, -0.05) is 0 Å². The number of carbonyl (C=O) groups is 1. The van der Waals surface area contributed by atoms with Gasteiger partial charge in [-0.3, -0.25) is 4.72 Å². The van der Waals surface area contributed by atoms with E-state index in [-0.39, 0.29) is 21.9 Å². The molecule has 2 aromatic rings. The van der Waals surface area contributed by atoms with Gasteiger partial charge in [0.15, 0.2) is 0 Å². The minimum atomic E-state index is -3.71. The molecule has 7 nitrogen and oxygen atoms in total. The first kappa shape index (κ1) is 13.9.